The van der Waals surface area contributed by atoms with E-state index in [1.807, 2.05) is 19.1 Å². The number of imide groups is 2. The molecule has 0 spiro atoms. The summed E-state index contributed by atoms with van der Waals surface area (Å²) < 4.78 is 24.8. The lowest BCUT2D eigenvalue weighted by Gasteiger charge is -2.26. The fraction of sp³-hybridized carbons (Fsp3) is 0.167. The Hall–Kier alpha value is -4.72. The van der Waals surface area contributed by atoms with Gasteiger partial charge in [-0.1, -0.05) is 37.3 Å². The summed E-state index contributed by atoms with van der Waals surface area (Å²) in [5.41, 5.74) is 3.19. The molecule has 3 aromatic carbocycles. The van der Waals surface area contributed by atoms with E-state index in [1.165, 1.54) is 25.3 Å². The second kappa shape index (κ2) is 11.6. The van der Waals surface area contributed by atoms with E-state index in [2.05, 4.69) is 11.9 Å². The van der Waals surface area contributed by atoms with Crippen LogP contribution in [0.15, 0.2) is 78.9 Å². The molecule has 3 aromatic rings. The van der Waals surface area contributed by atoms with Gasteiger partial charge in [-0.3, -0.25) is 14.9 Å². The monoisotopic (exact) mass is 514 g/mol. The van der Waals surface area contributed by atoms with Crippen LogP contribution in [0.2, 0.25) is 0 Å². The SMILES string of the molecule is C=CCc1cc(/C=C2/C(=O)NC(=O)N(c3ccc(CC)cc3)C2=O)cc(OC)c1OCc1ccc(F)cc1. The van der Waals surface area contributed by atoms with Gasteiger partial charge in [-0.05, 0) is 72.0 Å². The smallest absolute Gasteiger partial charge is 0.335 e. The van der Waals surface area contributed by atoms with Crippen LogP contribution in [0.3, 0.4) is 0 Å². The van der Waals surface area contributed by atoms with E-state index in [1.54, 1.807) is 42.5 Å². The summed E-state index contributed by atoms with van der Waals surface area (Å²) in [5.74, 6) is -1.02. The third-order valence-corrected chi connectivity index (χ3v) is 6.05. The van der Waals surface area contributed by atoms with Crippen LogP contribution < -0.4 is 19.7 Å². The molecule has 1 aliphatic rings. The average Bonchev–Trinajstić information content (AvgIpc) is 2.91. The van der Waals surface area contributed by atoms with Gasteiger partial charge in [0.15, 0.2) is 11.5 Å². The Bertz CT molecular complexity index is 1410. The third kappa shape index (κ3) is 5.64. The quantitative estimate of drug-likeness (QED) is 0.236. The van der Waals surface area contributed by atoms with Gasteiger partial charge in [-0.2, -0.15) is 0 Å². The highest BCUT2D eigenvalue weighted by Crippen LogP contribution is 2.35. The number of halogens is 1. The molecule has 0 bridgehead atoms. The summed E-state index contributed by atoms with van der Waals surface area (Å²) in [5, 5.41) is 2.24. The standard InChI is InChI=1S/C30H27FN2O5/c1-4-6-22-15-21(17-26(37-3)27(22)38-18-20-7-11-23(31)12-8-20)16-25-28(34)32-30(36)33(29(25)35)24-13-9-19(5-2)10-14-24/h4,7-17H,1,5-6,18H2,2-3H3,(H,32,34,36)/b25-16-. The van der Waals surface area contributed by atoms with Gasteiger partial charge in [-0.25, -0.2) is 14.1 Å². The summed E-state index contributed by atoms with van der Waals surface area (Å²) in [6.07, 6.45) is 4.33. The van der Waals surface area contributed by atoms with Crippen molar-refractivity contribution in [3.8, 4) is 11.5 Å². The predicted octanol–water partition coefficient (Wildman–Crippen LogP) is 5.37. The van der Waals surface area contributed by atoms with Gasteiger partial charge >= 0.3 is 6.03 Å². The number of ether oxygens (including phenoxy) is 2. The number of barbiturate groups is 1. The van der Waals surface area contributed by atoms with E-state index in [-0.39, 0.29) is 18.0 Å². The number of hydrogen-bond acceptors (Lipinski definition) is 5. The Balaban J connectivity index is 1.68. The minimum Gasteiger partial charge on any atom is -0.493 e. The Morgan fingerprint density at radius 2 is 1.68 bits per heavy atom. The van der Waals surface area contributed by atoms with Gasteiger partial charge in [-0.15, -0.1) is 6.58 Å². The van der Waals surface area contributed by atoms with Crippen molar-refractivity contribution >= 4 is 29.6 Å². The third-order valence-electron chi connectivity index (χ3n) is 6.05. The van der Waals surface area contributed by atoms with Crippen molar-refractivity contribution < 1.29 is 28.2 Å². The number of nitrogens with zero attached hydrogens (tertiary/aromatic N) is 1. The minimum absolute atomic E-state index is 0.177. The maximum absolute atomic E-state index is 13.3. The first kappa shape index (κ1) is 26.3. The summed E-state index contributed by atoms with van der Waals surface area (Å²) in [6.45, 7) is 5.98. The van der Waals surface area contributed by atoms with Gasteiger partial charge in [0.2, 0.25) is 0 Å². The number of amides is 4. The number of anilines is 1. The summed E-state index contributed by atoms with van der Waals surface area (Å²) in [6, 6.07) is 15.5. The van der Waals surface area contributed by atoms with Gasteiger partial charge in [0.05, 0.1) is 12.8 Å². The lowest BCUT2D eigenvalue weighted by molar-refractivity contribution is -0.122. The maximum Gasteiger partial charge on any atom is 0.335 e. The van der Waals surface area contributed by atoms with Crippen LogP contribution in [0, 0.1) is 5.82 Å². The number of methoxy groups -OCH3 is 1. The number of carbonyl (C=O) groups is 3. The molecule has 194 valence electrons. The number of benzene rings is 3. The van der Waals surface area contributed by atoms with Crippen molar-refractivity contribution in [1.82, 2.24) is 5.32 Å². The van der Waals surface area contributed by atoms with Crippen LogP contribution >= 0.6 is 0 Å². The molecule has 0 aliphatic carbocycles. The van der Waals surface area contributed by atoms with E-state index in [0.717, 1.165) is 22.4 Å². The topological polar surface area (TPSA) is 84.9 Å². The Labute approximate surface area is 220 Å². The van der Waals surface area contributed by atoms with Crippen molar-refractivity contribution in [1.29, 1.82) is 0 Å². The molecule has 4 amide bonds. The molecule has 1 aliphatic heterocycles. The van der Waals surface area contributed by atoms with Crippen LogP contribution in [-0.2, 0) is 29.0 Å². The Morgan fingerprint density at radius 3 is 2.32 bits per heavy atom. The lowest BCUT2D eigenvalue weighted by Crippen LogP contribution is -2.54. The number of urea groups is 1. The fourth-order valence-corrected chi connectivity index (χ4v) is 4.06. The molecular weight excluding hydrogens is 487 g/mol. The Morgan fingerprint density at radius 1 is 1.00 bits per heavy atom. The van der Waals surface area contributed by atoms with Crippen molar-refractivity contribution in [2.75, 3.05) is 12.0 Å². The van der Waals surface area contributed by atoms with Crippen LogP contribution in [0.1, 0.15) is 29.2 Å². The number of rotatable bonds is 9. The van der Waals surface area contributed by atoms with E-state index >= 15 is 0 Å². The van der Waals surface area contributed by atoms with Crippen molar-refractivity contribution in [3.63, 3.8) is 0 Å². The molecule has 0 saturated carbocycles. The zero-order valence-electron chi connectivity index (χ0n) is 21.1. The summed E-state index contributed by atoms with van der Waals surface area (Å²) >= 11 is 0. The lowest BCUT2D eigenvalue weighted by atomic mass is 10.0. The van der Waals surface area contributed by atoms with Gasteiger partial charge in [0, 0.05) is 5.56 Å². The van der Waals surface area contributed by atoms with Crippen molar-refractivity contribution in [2.24, 2.45) is 0 Å². The van der Waals surface area contributed by atoms with E-state index in [9.17, 15) is 18.8 Å². The highest BCUT2D eigenvalue weighted by molar-refractivity contribution is 6.39. The molecule has 1 fully saturated rings. The number of aryl methyl sites for hydroxylation is 1. The van der Waals surface area contributed by atoms with Crippen LogP contribution in [-0.4, -0.2) is 25.0 Å². The van der Waals surface area contributed by atoms with E-state index in [0.29, 0.717) is 34.7 Å². The first-order valence-corrected chi connectivity index (χ1v) is 12.0. The average molecular weight is 515 g/mol. The summed E-state index contributed by atoms with van der Waals surface area (Å²) in [7, 11) is 1.48. The second-order valence-corrected chi connectivity index (χ2v) is 8.60. The highest BCUT2D eigenvalue weighted by Gasteiger charge is 2.36. The zero-order valence-corrected chi connectivity index (χ0v) is 21.1. The van der Waals surface area contributed by atoms with E-state index < -0.39 is 17.8 Å². The second-order valence-electron chi connectivity index (χ2n) is 8.60. The molecular formula is C30H27FN2O5. The Kier molecular flexibility index (Phi) is 8.01. The number of allylic oxidation sites excluding steroid dienone is 1. The van der Waals surface area contributed by atoms with Crippen molar-refractivity contribution in [2.45, 2.75) is 26.4 Å². The molecule has 7 nitrogen and oxygen atoms in total. The normalized spacial score (nSPS) is 14.4. The minimum atomic E-state index is -0.809. The van der Waals surface area contributed by atoms with E-state index in [4.69, 9.17) is 9.47 Å². The molecule has 1 saturated heterocycles. The molecule has 4 rings (SSSR count). The van der Waals surface area contributed by atoms with Crippen LogP contribution in [0.25, 0.3) is 6.08 Å². The molecule has 0 atom stereocenters. The predicted molar refractivity (Wildman–Crippen MR) is 142 cm³/mol. The van der Waals surface area contributed by atoms with Gasteiger partial charge in [0.1, 0.15) is 18.0 Å². The fourth-order valence-electron chi connectivity index (χ4n) is 4.06. The van der Waals surface area contributed by atoms with Crippen LogP contribution in [0.4, 0.5) is 14.9 Å². The maximum atomic E-state index is 13.3. The summed E-state index contributed by atoms with van der Waals surface area (Å²) in [4.78, 5) is 39.4. The first-order valence-electron chi connectivity index (χ1n) is 12.0. The molecule has 1 N–H and O–H groups in total. The number of carbonyl (C=O) groups excluding carboxylic acids is 3. The van der Waals surface area contributed by atoms with Crippen LogP contribution in [0.5, 0.6) is 11.5 Å². The van der Waals surface area contributed by atoms with Gasteiger partial charge < -0.3 is 9.47 Å². The molecule has 0 aromatic heterocycles. The van der Waals surface area contributed by atoms with Gasteiger partial charge in [0.25, 0.3) is 11.8 Å². The highest BCUT2D eigenvalue weighted by atomic mass is 19.1. The molecule has 0 radical (unpaired) electrons. The first-order chi connectivity index (χ1) is 18.3. The number of nitrogens with one attached hydrogen (secondary N) is 1. The largest absolute Gasteiger partial charge is 0.493 e. The zero-order chi connectivity index (χ0) is 27.2. The molecule has 0 unspecified atom stereocenters. The molecule has 8 heteroatoms. The molecule has 38 heavy (non-hydrogen) atoms. The van der Waals surface area contributed by atoms with Crippen molar-refractivity contribution in [3.05, 3.63) is 107 Å². The number of hydrogen-bond donors (Lipinski definition) is 1. The molecule has 1 heterocycles.